The number of ether oxygens (including phenoxy) is 1. The van der Waals surface area contributed by atoms with E-state index in [0.29, 0.717) is 16.5 Å². The van der Waals surface area contributed by atoms with Gasteiger partial charge in [-0.25, -0.2) is 8.42 Å². The molecule has 0 radical (unpaired) electrons. The van der Waals surface area contributed by atoms with Crippen molar-refractivity contribution < 1.29 is 13.2 Å². The minimum atomic E-state index is -3.77. The molecule has 3 aromatic rings. The number of aryl methyl sites for hydroxylation is 1. The molecule has 0 bridgehead atoms. The molecule has 0 spiro atoms. The van der Waals surface area contributed by atoms with E-state index in [0.717, 1.165) is 11.1 Å². The minimum Gasteiger partial charge on any atom is -0.497 e. The second kappa shape index (κ2) is 8.03. The van der Waals surface area contributed by atoms with Crippen LogP contribution in [0.15, 0.2) is 77.7 Å². The first-order valence-electron chi connectivity index (χ1n) is 8.38. The number of hydrogen-bond acceptors (Lipinski definition) is 3. The fourth-order valence-electron chi connectivity index (χ4n) is 2.74. The van der Waals surface area contributed by atoms with Crippen molar-refractivity contribution >= 4 is 27.3 Å². The Hall–Kier alpha value is -2.50. The third kappa shape index (κ3) is 4.43. The van der Waals surface area contributed by atoms with Crippen LogP contribution >= 0.6 is 11.6 Å². The van der Waals surface area contributed by atoms with E-state index in [2.05, 4.69) is 0 Å². The summed E-state index contributed by atoms with van der Waals surface area (Å²) in [6, 6.07) is 21.1. The Bertz CT molecular complexity index is 1030. The summed E-state index contributed by atoms with van der Waals surface area (Å²) >= 11 is 5.96. The van der Waals surface area contributed by atoms with Gasteiger partial charge in [0.05, 0.1) is 24.2 Å². The zero-order valence-electron chi connectivity index (χ0n) is 15.1. The van der Waals surface area contributed by atoms with Gasteiger partial charge in [0.25, 0.3) is 10.0 Å². The Morgan fingerprint density at radius 3 is 2.33 bits per heavy atom. The maximum Gasteiger partial charge on any atom is 0.264 e. The summed E-state index contributed by atoms with van der Waals surface area (Å²) in [6.07, 6.45) is 0. The third-order valence-electron chi connectivity index (χ3n) is 4.16. The number of sulfonamides is 1. The van der Waals surface area contributed by atoms with E-state index in [1.807, 2.05) is 25.1 Å². The smallest absolute Gasteiger partial charge is 0.264 e. The van der Waals surface area contributed by atoms with Crippen molar-refractivity contribution in [2.45, 2.75) is 18.4 Å². The van der Waals surface area contributed by atoms with E-state index in [1.54, 1.807) is 61.7 Å². The lowest BCUT2D eigenvalue weighted by Crippen LogP contribution is -2.30. The first kappa shape index (κ1) is 19.3. The molecule has 0 unspecified atom stereocenters. The fraction of sp³-hybridized carbons (Fsp3) is 0.143. The van der Waals surface area contributed by atoms with Crippen molar-refractivity contribution in [1.29, 1.82) is 0 Å². The van der Waals surface area contributed by atoms with Gasteiger partial charge >= 0.3 is 0 Å². The monoisotopic (exact) mass is 401 g/mol. The normalized spacial score (nSPS) is 11.2. The Morgan fingerprint density at radius 1 is 0.963 bits per heavy atom. The van der Waals surface area contributed by atoms with E-state index >= 15 is 0 Å². The molecule has 0 aliphatic rings. The second-order valence-corrected chi connectivity index (χ2v) is 8.45. The lowest BCUT2D eigenvalue weighted by Gasteiger charge is -2.25. The first-order chi connectivity index (χ1) is 12.9. The summed E-state index contributed by atoms with van der Waals surface area (Å²) in [5.41, 5.74) is 2.25. The average Bonchev–Trinajstić information content (AvgIpc) is 2.67. The van der Waals surface area contributed by atoms with Crippen LogP contribution in [-0.2, 0) is 16.6 Å². The molecule has 3 aromatic carbocycles. The molecule has 0 aromatic heterocycles. The van der Waals surface area contributed by atoms with Crippen LogP contribution in [0.1, 0.15) is 11.1 Å². The van der Waals surface area contributed by atoms with Crippen molar-refractivity contribution in [3.8, 4) is 5.75 Å². The number of methoxy groups -OCH3 is 1. The molecule has 0 aliphatic heterocycles. The van der Waals surface area contributed by atoms with Gasteiger partial charge in [0.15, 0.2) is 0 Å². The van der Waals surface area contributed by atoms with Gasteiger partial charge in [0, 0.05) is 11.1 Å². The van der Waals surface area contributed by atoms with Crippen LogP contribution in [0.25, 0.3) is 0 Å². The van der Waals surface area contributed by atoms with E-state index in [4.69, 9.17) is 16.3 Å². The van der Waals surface area contributed by atoms with Crippen molar-refractivity contribution in [2.24, 2.45) is 0 Å². The molecule has 0 saturated heterocycles. The number of anilines is 1. The quantitative estimate of drug-likeness (QED) is 0.580. The number of benzene rings is 3. The highest BCUT2D eigenvalue weighted by Gasteiger charge is 2.25. The molecule has 0 heterocycles. The van der Waals surface area contributed by atoms with Gasteiger partial charge in [-0.15, -0.1) is 0 Å². The lowest BCUT2D eigenvalue weighted by atomic mass is 10.2. The Labute approximate surface area is 165 Å². The molecular weight excluding hydrogens is 382 g/mol. The van der Waals surface area contributed by atoms with Gasteiger partial charge in [-0.1, -0.05) is 41.9 Å². The highest BCUT2D eigenvalue weighted by molar-refractivity contribution is 7.92. The maximum absolute atomic E-state index is 13.4. The van der Waals surface area contributed by atoms with E-state index in [1.165, 1.54) is 4.31 Å². The molecule has 0 saturated carbocycles. The zero-order valence-corrected chi connectivity index (χ0v) is 16.7. The number of halogens is 1. The SMILES string of the molecule is COc1cccc(N(Cc2ccc(Cl)cc2)S(=O)(=O)c2cccc(C)c2)c1. The van der Waals surface area contributed by atoms with Crippen LogP contribution in [-0.4, -0.2) is 15.5 Å². The lowest BCUT2D eigenvalue weighted by molar-refractivity contribution is 0.415. The summed E-state index contributed by atoms with van der Waals surface area (Å²) < 4.78 is 33.5. The van der Waals surface area contributed by atoms with Crippen LogP contribution in [0.5, 0.6) is 5.75 Å². The molecule has 140 valence electrons. The predicted molar refractivity (Wildman–Crippen MR) is 109 cm³/mol. The highest BCUT2D eigenvalue weighted by atomic mass is 35.5. The molecular formula is C21H20ClNO3S. The Morgan fingerprint density at radius 2 is 1.67 bits per heavy atom. The van der Waals surface area contributed by atoms with Gasteiger partial charge in [-0.05, 0) is 54.4 Å². The van der Waals surface area contributed by atoms with Gasteiger partial charge in [0.1, 0.15) is 5.75 Å². The van der Waals surface area contributed by atoms with E-state index < -0.39 is 10.0 Å². The van der Waals surface area contributed by atoms with Crippen LogP contribution in [0.2, 0.25) is 5.02 Å². The Kier molecular flexibility index (Phi) is 5.73. The van der Waals surface area contributed by atoms with Crippen LogP contribution in [0.3, 0.4) is 0 Å². The van der Waals surface area contributed by atoms with Crippen molar-refractivity contribution in [3.05, 3.63) is 88.9 Å². The third-order valence-corrected chi connectivity index (χ3v) is 6.18. The maximum atomic E-state index is 13.4. The molecule has 0 N–H and O–H groups in total. The molecule has 0 fully saturated rings. The van der Waals surface area contributed by atoms with Crippen LogP contribution in [0.4, 0.5) is 5.69 Å². The molecule has 4 nitrogen and oxygen atoms in total. The van der Waals surface area contributed by atoms with Gasteiger partial charge in [-0.3, -0.25) is 4.31 Å². The van der Waals surface area contributed by atoms with Gasteiger partial charge in [-0.2, -0.15) is 0 Å². The summed E-state index contributed by atoms with van der Waals surface area (Å²) in [4.78, 5) is 0.249. The van der Waals surface area contributed by atoms with Gasteiger partial charge in [0.2, 0.25) is 0 Å². The van der Waals surface area contributed by atoms with E-state index in [-0.39, 0.29) is 11.4 Å². The average molecular weight is 402 g/mol. The molecule has 0 atom stereocenters. The molecule has 0 amide bonds. The largest absolute Gasteiger partial charge is 0.497 e. The van der Waals surface area contributed by atoms with Crippen molar-refractivity contribution in [2.75, 3.05) is 11.4 Å². The second-order valence-electron chi connectivity index (χ2n) is 6.16. The number of hydrogen-bond donors (Lipinski definition) is 0. The summed E-state index contributed by atoms with van der Waals surface area (Å²) in [7, 11) is -2.21. The highest BCUT2D eigenvalue weighted by Crippen LogP contribution is 2.29. The van der Waals surface area contributed by atoms with Gasteiger partial charge < -0.3 is 4.74 Å². The zero-order chi connectivity index (χ0) is 19.4. The van der Waals surface area contributed by atoms with Crippen molar-refractivity contribution in [3.63, 3.8) is 0 Å². The summed E-state index contributed by atoms with van der Waals surface area (Å²) in [5.74, 6) is 0.591. The van der Waals surface area contributed by atoms with Crippen LogP contribution in [0, 0.1) is 6.92 Å². The summed E-state index contributed by atoms with van der Waals surface area (Å²) in [5, 5.41) is 0.605. The number of rotatable bonds is 6. The predicted octanol–water partition coefficient (Wildman–Crippen LogP) is 5.05. The molecule has 6 heteroatoms. The first-order valence-corrected chi connectivity index (χ1v) is 10.2. The Balaban J connectivity index is 2.09. The minimum absolute atomic E-state index is 0.181. The number of nitrogens with zero attached hydrogens (tertiary/aromatic N) is 1. The summed E-state index contributed by atoms with van der Waals surface area (Å²) in [6.45, 7) is 2.05. The van der Waals surface area contributed by atoms with Crippen LogP contribution < -0.4 is 9.04 Å². The van der Waals surface area contributed by atoms with Crippen molar-refractivity contribution in [1.82, 2.24) is 0 Å². The molecule has 0 aliphatic carbocycles. The molecule has 27 heavy (non-hydrogen) atoms. The standard InChI is InChI=1S/C21H20ClNO3S/c1-16-5-3-8-21(13-16)27(24,25)23(15-17-9-11-18(22)12-10-17)19-6-4-7-20(14-19)26-2/h3-14H,15H2,1-2H3. The topological polar surface area (TPSA) is 46.6 Å². The molecule has 3 rings (SSSR count). The fourth-order valence-corrected chi connectivity index (χ4v) is 4.42. The van der Waals surface area contributed by atoms with E-state index in [9.17, 15) is 8.42 Å².